The van der Waals surface area contributed by atoms with Crippen molar-refractivity contribution in [2.75, 3.05) is 12.4 Å². The molecule has 0 bridgehead atoms. The van der Waals surface area contributed by atoms with Gasteiger partial charge in [0.1, 0.15) is 11.5 Å². The van der Waals surface area contributed by atoms with Gasteiger partial charge in [-0.15, -0.1) is 0 Å². The number of nitrogens with one attached hydrogen (secondary N) is 1. The summed E-state index contributed by atoms with van der Waals surface area (Å²) in [6.07, 6.45) is 0. The fourth-order valence-corrected chi connectivity index (χ4v) is 1.71. The number of aryl methyl sites for hydroxylation is 1. The molecule has 0 radical (unpaired) electrons. The lowest BCUT2D eigenvalue weighted by atomic mass is 10.1. The van der Waals surface area contributed by atoms with Crippen LogP contribution in [0.15, 0.2) is 22.6 Å². The minimum atomic E-state index is 0.485. The molecule has 1 heterocycles. The predicted molar refractivity (Wildman–Crippen MR) is 66.2 cm³/mol. The average Bonchev–Trinajstić information content (AvgIpc) is 2.64. The summed E-state index contributed by atoms with van der Waals surface area (Å²) in [5, 5.41) is 3.88. The van der Waals surface area contributed by atoms with Gasteiger partial charge in [-0.1, -0.05) is 29.3 Å². The van der Waals surface area contributed by atoms with Gasteiger partial charge in [0, 0.05) is 12.6 Å². The highest BCUT2D eigenvalue weighted by atomic mass is 35.5. The van der Waals surface area contributed by atoms with E-state index in [4.69, 9.17) is 27.6 Å². The molecule has 16 heavy (non-hydrogen) atoms. The highest BCUT2D eigenvalue weighted by Crippen LogP contribution is 2.30. The molecule has 0 spiro atoms. The van der Waals surface area contributed by atoms with Crippen LogP contribution in [0.1, 0.15) is 5.76 Å². The number of rotatable bonds is 2. The molecule has 3 nitrogen and oxygen atoms in total. The van der Waals surface area contributed by atoms with Crippen LogP contribution in [0.5, 0.6) is 0 Å². The number of hydrogen-bond acceptors (Lipinski definition) is 3. The second-order valence-corrected chi connectivity index (χ2v) is 4.12. The summed E-state index contributed by atoms with van der Waals surface area (Å²) in [6.45, 7) is 1.85. The first kappa shape index (κ1) is 11.3. The second kappa shape index (κ2) is 4.36. The van der Waals surface area contributed by atoms with Gasteiger partial charge in [-0.25, -0.2) is 0 Å². The molecule has 0 saturated heterocycles. The van der Waals surface area contributed by atoms with E-state index in [1.54, 1.807) is 19.2 Å². The maximum absolute atomic E-state index is 5.95. The molecule has 0 saturated carbocycles. The number of nitrogens with zero attached hydrogens (tertiary/aromatic N) is 1. The Hall–Kier alpha value is -1.19. The third-order valence-corrected chi connectivity index (χ3v) is 2.94. The Kier molecular flexibility index (Phi) is 3.08. The van der Waals surface area contributed by atoms with E-state index in [1.165, 1.54) is 0 Å². The van der Waals surface area contributed by atoms with Gasteiger partial charge in [-0.2, -0.15) is 4.98 Å². The van der Waals surface area contributed by atoms with Crippen LogP contribution in [0, 0.1) is 6.92 Å². The lowest BCUT2D eigenvalue weighted by molar-refractivity contribution is 0.544. The Balaban J connectivity index is 2.49. The van der Waals surface area contributed by atoms with Crippen LogP contribution in [-0.4, -0.2) is 12.0 Å². The first-order chi connectivity index (χ1) is 7.61. The van der Waals surface area contributed by atoms with E-state index >= 15 is 0 Å². The topological polar surface area (TPSA) is 38.1 Å². The van der Waals surface area contributed by atoms with Crippen LogP contribution >= 0.6 is 23.2 Å². The third kappa shape index (κ3) is 2.01. The van der Waals surface area contributed by atoms with Gasteiger partial charge < -0.3 is 9.73 Å². The number of halogens is 2. The monoisotopic (exact) mass is 256 g/mol. The summed E-state index contributed by atoms with van der Waals surface area (Å²) in [4.78, 5) is 4.29. The number of aromatic nitrogens is 1. The summed E-state index contributed by atoms with van der Waals surface area (Å²) in [5.41, 5.74) is 1.65. The van der Waals surface area contributed by atoms with Crippen molar-refractivity contribution in [3.05, 3.63) is 34.0 Å². The van der Waals surface area contributed by atoms with Crippen LogP contribution in [0.3, 0.4) is 0 Å². The van der Waals surface area contributed by atoms with E-state index < -0.39 is 0 Å². The van der Waals surface area contributed by atoms with E-state index in [0.717, 1.165) is 17.0 Å². The molecule has 0 aliphatic carbocycles. The lowest BCUT2D eigenvalue weighted by Gasteiger charge is -1.99. The maximum Gasteiger partial charge on any atom is 0.295 e. The molecule has 0 aliphatic rings. The largest absolute Gasteiger partial charge is 0.428 e. The molecule has 0 amide bonds. The molecule has 5 heteroatoms. The zero-order valence-electron chi connectivity index (χ0n) is 8.84. The summed E-state index contributed by atoms with van der Waals surface area (Å²) < 4.78 is 5.39. The van der Waals surface area contributed by atoms with Crippen LogP contribution in [0.25, 0.3) is 11.3 Å². The smallest absolute Gasteiger partial charge is 0.295 e. The fraction of sp³-hybridized carbons (Fsp3) is 0.182. The second-order valence-electron chi connectivity index (χ2n) is 3.30. The number of anilines is 1. The van der Waals surface area contributed by atoms with Gasteiger partial charge in [0.05, 0.1) is 10.0 Å². The molecule has 0 aliphatic heterocycles. The zero-order valence-corrected chi connectivity index (χ0v) is 10.4. The molecule has 0 atom stereocenters. The number of hydrogen-bond donors (Lipinski definition) is 1. The maximum atomic E-state index is 5.95. The molecule has 1 aromatic heterocycles. The van der Waals surface area contributed by atoms with Crippen LogP contribution in [0.4, 0.5) is 6.01 Å². The highest BCUT2D eigenvalue weighted by Gasteiger charge is 2.11. The highest BCUT2D eigenvalue weighted by molar-refractivity contribution is 6.42. The first-order valence-corrected chi connectivity index (χ1v) is 5.48. The molecule has 1 N–H and O–H groups in total. The Labute approximate surface area is 103 Å². The molecule has 0 unspecified atom stereocenters. The summed E-state index contributed by atoms with van der Waals surface area (Å²) >= 11 is 11.8. The van der Waals surface area contributed by atoms with Gasteiger partial charge in [0.25, 0.3) is 6.01 Å². The van der Waals surface area contributed by atoms with Gasteiger partial charge in [0.15, 0.2) is 0 Å². The van der Waals surface area contributed by atoms with Gasteiger partial charge in [-0.3, -0.25) is 0 Å². The first-order valence-electron chi connectivity index (χ1n) is 4.72. The Bertz CT molecular complexity index is 523. The Morgan fingerprint density at radius 2 is 2.00 bits per heavy atom. The van der Waals surface area contributed by atoms with E-state index in [9.17, 15) is 0 Å². The van der Waals surface area contributed by atoms with Crippen LogP contribution < -0.4 is 5.32 Å². The molecule has 0 fully saturated rings. The average molecular weight is 257 g/mol. The van der Waals surface area contributed by atoms with E-state index in [-0.39, 0.29) is 0 Å². The van der Waals surface area contributed by atoms with Crippen molar-refractivity contribution in [2.45, 2.75) is 6.92 Å². The molecular weight excluding hydrogens is 247 g/mol. The molecule has 2 aromatic rings. The zero-order chi connectivity index (χ0) is 11.7. The minimum absolute atomic E-state index is 0.485. The van der Waals surface area contributed by atoms with Crippen LogP contribution in [-0.2, 0) is 0 Å². The quantitative estimate of drug-likeness (QED) is 0.883. The standard InChI is InChI=1S/C11H10Cl2N2O/c1-6-10(15-11(14-2)16-6)7-3-4-8(12)9(13)5-7/h3-5H,1-2H3,(H,14,15). The van der Waals surface area contributed by atoms with Gasteiger partial charge >= 0.3 is 0 Å². The summed E-state index contributed by atoms with van der Waals surface area (Å²) in [5.74, 6) is 0.739. The third-order valence-electron chi connectivity index (χ3n) is 2.20. The number of oxazole rings is 1. The fourth-order valence-electron chi connectivity index (χ4n) is 1.41. The van der Waals surface area contributed by atoms with Crippen molar-refractivity contribution in [1.29, 1.82) is 0 Å². The van der Waals surface area contributed by atoms with E-state index in [2.05, 4.69) is 10.3 Å². The Morgan fingerprint density at radius 3 is 2.56 bits per heavy atom. The summed E-state index contributed by atoms with van der Waals surface area (Å²) in [6, 6.07) is 5.86. The molecular formula is C11H10Cl2N2O. The van der Waals surface area contributed by atoms with Gasteiger partial charge in [0.2, 0.25) is 0 Å². The summed E-state index contributed by atoms with van der Waals surface area (Å²) in [7, 11) is 1.75. The lowest BCUT2D eigenvalue weighted by Crippen LogP contribution is -1.87. The molecule has 2 rings (SSSR count). The van der Waals surface area contributed by atoms with E-state index in [0.29, 0.717) is 16.1 Å². The van der Waals surface area contributed by atoms with Crippen molar-refractivity contribution in [3.63, 3.8) is 0 Å². The normalized spacial score (nSPS) is 10.5. The van der Waals surface area contributed by atoms with Crippen molar-refractivity contribution in [2.24, 2.45) is 0 Å². The Morgan fingerprint density at radius 1 is 1.25 bits per heavy atom. The minimum Gasteiger partial charge on any atom is -0.428 e. The SMILES string of the molecule is CNc1nc(-c2ccc(Cl)c(Cl)c2)c(C)o1. The van der Waals surface area contributed by atoms with Gasteiger partial charge in [-0.05, 0) is 19.1 Å². The molecule has 1 aromatic carbocycles. The predicted octanol–water partition coefficient (Wildman–Crippen LogP) is 4.00. The van der Waals surface area contributed by atoms with Crippen molar-refractivity contribution in [1.82, 2.24) is 4.98 Å². The number of benzene rings is 1. The van der Waals surface area contributed by atoms with Crippen molar-refractivity contribution < 1.29 is 4.42 Å². The van der Waals surface area contributed by atoms with Crippen LogP contribution in [0.2, 0.25) is 10.0 Å². The van der Waals surface area contributed by atoms with Crippen molar-refractivity contribution in [3.8, 4) is 11.3 Å². The van der Waals surface area contributed by atoms with Crippen molar-refractivity contribution >= 4 is 29.2 Å². The van der Waals surface area contributed by atoms with E-state index in [1.807, 2.05) is 13.0 Å². The molecule has 84 valence electrons.